The van der Waals surface area contributed by atoms with Gasteiger partial charge in [-0.1, -0.05) is 0 Å². The molecular weight excluding hydrogens is 583 g/mol. The molecule has 0 radical (unpaired) electrons. The first-order chi connectivity index (χ1) is 13.4. The molecule has 0 bridgehead atoms. The second kappa shape index (κ2) is 20.8. The van der Waals surface area contributed by atoms with Crippen molar-refractivity contribution in [2.24, 2.45) is 0 Å². The van der Waals surface area contributed by atoms with Crippen LogP contribution in [0.15, 0.2) is 0 Å². The number of carboxylic acids is 2. The van der Waals surface area contributed by atoms with Gasteiger partial charge < -0.3 is 0 Å². The van der Waals surface area contributed by atoms with Crippen molar-refractivity contribution in [3.8, 4) is 0 Å². The molecule has 0 aromatic heterocycles. The van der Waals surface area contributed by atoms with Crippen LogP contribution in [0.4, 0.5) is 0 Å². The van der Waals surface area contributed by atoms with E-state index in [0.29, 0.717) is 12.8 Å². The summed E-state index contributed by atoms with van der Waals surface area (Å²) in [5.41, 5.74) is 0. The van der Waals surface area contributed by atoms with Crippen LogP contribution >= 0.6 is 0 Å². The van der Waals surface area contributed by atoms with Gasteiger partial charge in [0.25, 0.3) is 0 Å². The van der Waals surface area contributed by atoms with Crippen LogP contribution in [0.25, 0.3) is 0 Å². The molecular formula is C22H42O4Te2. The van der Waals surface area contributed by atoms with E-state index in [1.165, 1.54) is 64.2 Å². The van der Waals surface area contributed by atoms with Crippen LogP contribution in [0.5, 0.6) is 0 Å². The van der Waals surface area contributed by atoms with E-state index in [1.807, 2.05) is 0 Å². The molecule has 0 rings (SSSR count). The fourth-order valence-corrected chi connectivity index (χ4v) is 16.6. The number of unbranched alkanes of at least 4 members (excludes halogenated alkanes) is 10. The van der Waals surface area contributed by atoms with Gasteiger partial charge in [0.1, 0.15) is 0 Å². The Balaban J connectivity index is 3.35. The molecule has 0 aromatic carbocycles. The van der Waals surface area contributed by atoms with Crippen molar-refractivity contribution >= 4 is 46.1 Å². The second-order valence-electron chi connectivity index (χ2n) is 7.92. The Morgan fingerprint density at radius 1 is 0.571 bits per heavy atom. The van der Waals surface area contributed by atoms with E-state index < -0.39 is 11.9 Å². The summed E-state index contributed by atoms with van der Waals surface area (Å²) in [6, 6.07) is 0. The van der Waals surface area contributed by atoms with Gasteiger partial charge in [0.2, 0.25) is 0 Å². The van der Waals surface area contributed by atoms with Crippen molar-refractivity contribution in [3.05, 3.63) is 0 Å². The molecule has 0 aromatic rings. The van der Waals surface area contributed by atoms with Gasteiger partial charge >= 0.3 is 190 Å². The normalized spacial score (nSPS) is 13.4. The van der Waals surface area contributed by atoms with Crippen LogP contribution in [-0.2, 0) is 9.59 Å². The number of hydrogen-bond acceptors (Lipinski definition) is 2. The third kappa shape index (κ3) is 22.8. The molecule has 166 valence electrons. The molecule has 0 heterocycles. The minimum absolute atomic E-state index is 0.265. The Kier molecular flexibility index (Phi) is 21.2. The van der Waals surface area contributed by atoms with Crippen molar-refractivity contribution in [1.82, 2.24) is 0 Å². The van der Waals surface area contributed by atoms with Gasteiger partial charge in [-0.3, -0.25) is 0 Å². The van der Waals surface area contributed by atoms with E-state index in [1.54, 1.807) is 0 Å². The maximum atomic E-state index is 10.4. The molecule has 0 amide bonds. The van der Waals surface area contributed by atoms with Crippen LogP contribution in [0.1, 0.15) is 117 Å². The van der Waals surface area contributed by atoms with Gasteiger partial charge in [0, 0.05) is 0 Å². The third-order valence-corrected chi connectivity index (χ3v) is 23.1. The molecule has 0 aliphatic heterocycles. The van der Waals surface area contributed by atoms with Crippen molar-refractivity contribution in [3.63, 3.8) is 0 Å². The zero-order valence-electron chi connectivity index (χ0n) is 18.0. The molecule has 0 saturated heterocycles. The third-order valence-electron chi connectivity index (χ3n) is 4.89. The van der Waals surface area contributed by atoms with E-state index in [2.05, 4.69) is 13.8 Å². The number of carbonyl (C=O) groups is 2. The monoisotopic (exact) mass is 630 g/mol. The van der Waals surface area contributed by atoms with Crippen LogP contribution < -0.4 is 0 Å². The predicted octanol–water partition coefficient (Wildman–Crippen LogP) is 6.34. The Labute approximate surface area is 189 Å². The summed E-state index contributed by atoms with van der Waals surface area (Å²) in [5, 5.41) is 17.2. The molecule has 28 heavy (non-hydrogen) atoms. The quantitative estimate of drug-likeness (QED) is 0.115. The van der Waals surface area contributed by atoms with Crippen molar-refractivity contribution in [2.45, 2.75) is 125 Å². The van der Waals surface area contributed by atoms with Crippen LogP contribution in [0.3, 0.4) is 0 Å². The standard InChI is InChI=1S/C22H42O4Te2/c1-19(15-11-7-3-5-9-13-17-21(23)24)27-28-20(2)16-12-8-4-6-10-14-18-22(25)26/h19-20H,3-18H2,1-2H3,(H,23,24)(H,25,26). The molecule has 0 aliphatic carbocycles. The summed E-state index contributed by atoms with van der Waals surface area (Å²) in [5.74, 6) is -1.32. The van der Waals surface area contributed by atoms with E-state index in [0.717, 1.165) is 33.6 Å². The Bertz CT molecular complexity index is 355. The second-order valence-corrected chi connectivity index (χ2v) is 21.0. The molecule has 2 N–H and O–H groups in total. The summed E-state index contributed by atoms with van der Waals surface area (Å²) >= 11 is 0.529. The first-order valence-corrected chi connectivity index (χ1v) is 21.2. The van der Waals surface area contributed by atoms with Crippen LogP contribution in [0.2, 0.25) is 7.93 Å². The van der Waals surface area contributed by atoms with Gasteiger partial charge in [-0.15, -0.1) is 0 Å². The SMILES string of the molecule is CC(CCCCCCCCC(=O)O)[Te][Te]C(C)CCCCCCCCC(=O)O. The minimum atomic E-state index is -0.662. The predicted molar refractivity (Wildman–Crippen MR) is 119 cm³/mol. The van der Waals surface area contributed by atoms with E-state index >= 15 is 0 Å². The van der Waals surface area contributed by atoms with Crippen LogP contribution in [-0.4, -0.2) is 56.3 Å². The van der Waals surface area contributed by atoms with Gasteiger partial charge in [-0.05, 0) is 0 Å². The zero-order chi connectivity index (χ0) is 21.0. The van der Waals surface area contributed by atoms with Gasteiger partial charge in [0.05, 0.1) is 0 Å². The Morgan fingerprint density at radius 2 is 0.857 bits per heavy atom. The summed E-state index contributed by atoms with van der Waals surface area (Å²) in [6.07, 6.45) is 17.7. The van der Waals surface area contributed by atoms with E-state index in [4.69, 9.17) is 10.2 Å². The van der Waals surface area contributed by atoms with Gasteiger partial charge in [-0.2, -0.15) is 0 Å². The number of rotatable bonds is 21. The molecule has 0 saturated carbocycles. The van der Waals surface area contributed by atoms with E-state index in [-0.39, 0.29) is 34.1 Å². The number of carboxylic acid groups (broad SMARTS) is 2. The first-order valence-electron chi connectivity index (χ1n) is 11.2. The number of hydrogen-bond donors (Lipinski definition) is 2. The number of aliphatic carboxylic acids is 2. The van der Waals surface area contributed by atoms with E-state index in [9.17, 15) is 9.59 Å². The maximum absolute atomic E-state index is 10.4. The molecule has 4 nitrogen and oxygen atoms in total. The van der Waals surface area contributed by atoms with Crippen molar-refractivity contribution < 1.29 is 19.8 Å². The molecule has 0 spiro atoms. The fourth-order valence-electron chi connectivity index (χ4n) is 3.12. The van der Waals surface area contributed by atoms with Gasteiger partial charge in [0.15, 0.2) is 0 Å². The molecule has 6 heteroatoms. The summed E-state index contributed by atoms with van der Waals surface area (Å²) in [7, 11) is 0. The molecule has 2 atom stereocenters. The average molecular weight is 626 g/mol. The van der Waals surface area contributed by atoms with Gasteiger partial charge in [-0.25, -0.2) is 0 Å². The average Bonchev–Trinajstić information content (AvgIpc) is 2.63. The van der Waals surface area contributed by atoms with Crippen molar-refractivity contribution in [2.75, 3.05) is 0 Å². The zero-order valence-corrected chi connectivity index (χ0v) is 22.7. The summed E-state index contributed by atoms with van der Waals surface area (Å²) in [4.78, 5) is 20.9. The first kappa shape index (κ1) is 28.5. The molecule has 2 unspecified atom stereocenters. The topological polar surface area (TPSA) is 74.6 Å². The Hall–Kier alpha value is 0.519. The summed E-state index contributed by atoms with van der Waals surface area (Å²) in [6.45, 7) is 4.95. The Morgan fingerprint density at radius 3 is 1.18 bits per heavy atom. The summed E-state index contributed by atoms with van der Waals surface area (Å²) < 4.78 is 2.02. The van der Waals surface area contributed by atoms with Crippen molar-refractivity contribution in [1.29, 1.82) is 0 Å². The molecule has 0 aliphatic rings. The van der Waals surface area contributed by atoms with Crippen LogP contribution in [0, 0.1) is 0 Å². The molecule has 0 fully saturated rings. The fraction of sp³-hybridized carbons (Fsp3) is 0.909.